The van der Waals surface area contributed by atoms with E-state index >= 15 is 0 Å². The lowest BCUT2D eigenvalue weighted by Crippen LogP contribution is -2.13. The first kappa shape index (κ1) is 19.2. The van der Waals surface area contributed by atoms with E-state index in [2.05, 4.69) is 41.5 Å². The van der Waals surface area contributed by atoms with Crippen LogP contribution in [0, 0.1) is 6.92 Å². The molecule has 4 aromatic rings. The molecule has 0 bridgehead atoms. The van der Waals surface area contributed by atoms with Crippen LogP contribution < -0.4 is 5.32 Å². The number of benzene rings is 3. The number of carbonyl (C=O) groups excluding carboxylic acids is 1. The predicted octanol–water partition coefficient (Wildman–Crippen LogP) is 5.76. The van der Waals surface area contributed by atoms with Gasteiger partial charge in [0.2, 0.25) is 0 Å². The smallest absolute Gasteiger partial charge is 0.257 e. The quantitative estimate of drug-likeness (QED) is 0.470. The summed E-state index contributed by atoms with van der Waals surface area (Å²) in [5.41, 5.74) is 5.66. The largest absolute Gasteiger partial charge is 0.322 e. The second-order valence-corrected chi connectivity index (χ2v) is 7.73. The molecule has 0 spiro atoms. The van der Waals surface area contributed by atoms with Crippen LogP contribution >= 0.6 is 11.6 Å². The lowest BCUT2D eigenvalue weighted by atomic mass is 10.0. The predicted molar refractivity (Wildman–Crippen MR) is 117 cm³/mol. The Morgan fingerprint density at radius 2 is 1.66 bits per heavy atom. The van der Waals surface area contributed by atoms with Crippen LogP contribution in [0.2, 0.25) is 5.02 Å². The summed E-state index contributed by atoms with van der Waals surface area (Å²) in [5, 5.41) is 12.5. The van der Waals surface area contributed by atoms with Gasteiger partial charge in [0.25, 0.3) is 5.91 Å². The maximum absolute atomic E-state index is 12.6. The van der Waals surface area contributed by atoms with E-state index in [9.17, 15) is 4.79 Å². The zero-order valence-corrected chi connectivity index (χ0v) is 17.2. The average molecular weight is 405 g/mol. The molecule has 0 saturated carbocycles. The van der Waals surface area contributed by atoms with Crippen LogP contribution in [0.25, 0.3) is 16.7 Å². The highest BCUT2D eigenvalue weighted by Gasteiger charge is 2.14. The van der Waals surface area contributed by atoms with Crippen molar-refractivity contribution < 1.29 is 4.79 Å². The molecule has 0 fully saturated rings. The molecule has 0 unspecified atom stereocenters. The molecular weight excluding hydrogens is 384 g/mol. The summed E-state index contributed by atoms with van der Waals surface area (Å²) in [6, 6.07) is 18.9. The number of aryl methyl sites for hydroxylation is 1. The minimum Gasteiger partial charge on any atom is -0.322 e. The Bertz CT molecular complexity index is 1200. The van der Waals surface area contributed by atoms with Gasteiger partial charge in [-0.1, -0.05) is 49.7 Å². The standard InChI is InChI=1S/C23H21ClN4O/c1-14(2)16-8-10-17(11-9-16)28-26-21-12-15(3)20(13-22(21)27-28)25-23(29)18-6-4-5-7-19(18)24/h4-14H,1-3H3,(H,25,29). The Morgan fingerprint density at radius 1 is 1.00 bits per heavy atom. The van der Waals surface area contributed by atoms with Gasteiger partial charge in [-0.15, -0.1) is 10.2 Å². The SMILES string of the molecule is Cc1cc2nn(-c3ccc(C(C)C)cc3)nc2cc1NC(=O)c1ccccc1Cl. The third kappa shape index (κ3) is 3.87. The first-order valence-corrected chi connectivity index (χ1v) is 9.84. The van der Waals surface area contributed by atoms with Crippen molar-refractivity contribution in [2.24, 2.45) is 0 Å². The number of rotatable bonds is 4. The highest BCUT2D eigenvalue weighted by Crippen LogP contribution is 2.24. The summed E-state index contributed by atoms with van der Waals surface area (Å²) in [4.78, 5) is 14.2. The van der Waals surface area contributed by atoms with Crippen LogP contribution in [0.15, 0.2) is 60.7 Å². The minimum atomic E-state index is -0.255. The lowest BCUT2D eigenvalue weighted by Gasteiger charge is -2.09. The molecule has 1 N–H and O–H groups in total. The van der Waals surface area contributed by atoms with Gasteiger partial charge in [0, 0.05) is 5.69 Å². The van der Waals surface area contributed by atoms with E-state index in [1.807, 2.05) is 31.2 Å². The molecule has 0 aliphatic carbocycles. The molecule has 0 radical (unpaired) electrons. The van der Waals surface area contributed by atoms with Gasteiger partial charge in [0.15, 0.2) is 0 Å². The van der Waals surface area contributed by atoms with Gasteiger partial charge in [-0.05, 0) is 60.4 Å². The molecule has 1 amide bonds. The number of fused-ring (bicyclic) bond motifs is 1. The van der Waals surface area contributed by atoms with Crippen molar-refractivity contribution in [3.8, 4) is 5.69 Å². The zero-order valence-electron chi connectivity index (χ0n) is 16.5. The monoisotopic (exact) mass is 404 g/mol. The molecule has 0 atom stereocenters. The van der Waals surface area contributed by atoms with E-state index in [1.54, 1.807) is 29.1 Å². The van der Waals surface area contributed by atoms with Gasteiger partial charge in [-0.3, -0.25) is 4.79 Å². The molecule has 1 heterocycles. The first-order valence-electron chi connectivity index (χ1n) is 9.46. The molecule has 6 heteroatoms. The van der Waals surface area contributed by atoms with E-state index in [1.165, 1.54) is 5.56 Å². The Morgan fingerprint density at radius 3 is 2.31 bits per heavy atom. The van der Waals surface area contributed by atoms with Crippen molar-refractivity contribution in [1.82, 2.24) is 15.0 Å². The molecule has 4 rings (SSSR count). The summed E-state index contributed by atoms with van der Waals surface area (Å²) in [7, 11) is 0. The molecule has 0 aliphatic rings. The summed E-state index contributed by atoms with van der Waals surface area (Å²) in [5.74, 6) is 0.218. The fraction of sp³-hybridized carbons (Fsp3) is 0.174. The zero-order chi connectivity index (χ0) is 20.5. The number of anilines is 1. The van der Waals surface area contributed by atoms with Gasteiger partial charge in [-0.25, -0.2) is 0 Å². The molecule has 0 saturated heterocycles. The van der Waals surface area contributed by atoms with Crippen LogP contribution in [0.5, 0.6) is 0 Å². The normalized spacial score (nSPS) is 11.2. The molecule has 146 valence electrons. The van der Waals surface area contributed by atoms with Crippen molar-refractivity contribution in [2.75, 3.05) is 5.32 Å². The first-order chi connectivity index (χ1) is 13.9. The number of halogens is 1. The Hall–Kier alpha value is -3.18. The Kier molecular flexibility index (Phi) is 5.07. The number of carbonyl (C=O) groups is 1. The van der Waals surface area contributed by atoms with E-state index < -0.39 is 0 Å². The molecule has 29 heavy (non-hydrogen) atoms. The summed E-state index contributed by atoms with van der Waals surface area (Å²) in [6.45, 7) is 6.26. The molecule has 5 nitrogen and oxygen atoms in total. The highest BCUT2D eigenvalue weighted by atomic mass is 35.5. The van der Waals surface area contributed by atoms with Crippen LogP contribution in [0.1, 0.15) is 41.3 Å². The third-order valence-corrected chi connectivity index (χ3v) is 5.21. The fourth-order valence-corrected chi connectivity index (χ4v) is 3.37. The second-order valence-electron chi connectivity index (χ2n) is 7.33. The van der Waals surface area contributed by atoms with Crippen LogP contribution in [-0.2, 0) is 0 Å². The molecular formula is C23H21ClN4O. The van der Waals surface area contributed by atoms with E-state index in [4.69, 9.17) is 11.6 Å². The minimum absolute atomic E-state index is 0.255. The van der Waals surface area contributed by atoms with Crippen molar-refractivity contribution >= 4 is 34.2 Å². The van der Waals surface area contributed by atoms with Gasteiger partial charge < -0.3 is 5.32 Å². The number of nitrogens with zero attached hydrogens (tertiary/aromatic N) is 3. The fourth-order valence-electron chi connectivity index (χ4n) is 3.15. The van der Waals surface area contributed by atoms with E-state index in [0.717, 1.165) is 16.8 Å². The topological polar surface area (TPSA) is 59.8 Å². The number of aromatic nitrogens is 3. The van der Waals surface area contributed by atoms with Crippen molar-refractivity contribution in [1.29, 1.82) is 0 Å². The number of amides is 1. The Balaban J connectivity index is 1.65. The van der Waals surface area contributed by atoms with Crippen molar-refractivity contribution in [2.45, 2.75) is 26.7 Å². The van der Waals surface area contributed by atoms with Gasteiger partial charge in [-0.2, -0.15) is 4.80 Å². The third-order valence-electron chi connectivity index (χ3n) is 4.88. The van der Waals surface area contributed by atoms with E-state index in [-0.39, 0.29) is 5.91 Å². The summed E-state index contributed by atoms with van der Waals surface area (Å²) >= 11 is 6.14. The van der Waals surface area contributed by atoms with Gasteiger partial charge in [0.05, 0.1) is 16.3 Å². The number of hydrogen-bond acceptors (Lipinski definition) is 3. The van der Waals surface area contributed by atoms with Gasteiger partial charge >= 0.3 is 0 Å². The lowest BCUT2D eigenvalue weighted by molar-refractivity contribution is 0.102. The van der Waals surface area contributed by atoms with Crippen LogP contribution in [0.4, 0.5) is 5.69 Å². The Labute approximate surface area is 174 Å². The van der Waals surface area contributed by atoms with Crippen LogP contribution in [0.3, 0.4) is 0 Å². The van der Waals surface area contributed by atoms with E-state index in [0.29, 0.717) is 27.7 Å². The summed E-state index contributed by atoms with van der Waals surface area (Å²) in [6.07, 6.45) is 0. The van der Waals surface area contributed by atoms with Gasteiger partial charge in [0.1, 0.15) is 11.0 Å². The number of hydrogen-bond donors (Lipinski definition) is 1. The second kappa shape index (κ2) is 7.68. The maximum atomic E-state index is 12.6. The number of nitrogens with one attached hydrogen (secondary N) is 1. The van der Waals surface area contributed by atoms with Crippen molar-refractivity contribution in [3.63, 3.8) is 0 Å². The van der Waals surface area contributed by atoms with Crippen molar-refractivity contribution in [3.05, 3.63) is 82.4 Å². The van der Waals surface area contributed by atoms with Crippen LogP contribution in [-0.4, -0.2) is 20.9 Å². The molecule has 3 aromatic carbocycles. The summed E-state index contributed by atoms with van der Waals surface area (Å²) < 4.78 is 0. The molecule has 0 aliphatic heterocycles. The highest BCUT2D eigenvalue weighted by molar-refractivity contribution is 6.34. The average Bonchev–Trinajstić information content (AvgIpc) is 3.11. The maximum Gasteiger partial charge on any atom is 0.257 e. The molecule has 1 aromatic heterocycles.